The molecule has 1 aliphatic rings. The van der Waals surface area contributed by atoms with Gasteiger partial charge in [-0.3, -0.25) is 0 Å². The second-order valence-corrected chi connectivity index (χ2v) is 5.96. The van der Waals surface area contributed by atoms with Crippen molar-refractivity contribution in [3.63, 3.8) is 0 Å². The number of hydrogen-bond donors (Lipinski definition) is 1. The zero-order chi connectivity index (χ0) is 15.4. The first-order valence-electron chi connectivity index (χ1n) is 7.77. The molecule has 2 rings (SSSR count). The van der Waals surface area contributed by atoms with Crippen molar-refractivity contribution in [1.82, 2.24) is 0 Å². The summed E-state index contributed by atoms with van der Waals surface area (Å²) in [6.45, 7) is 2.27. The molecule has 2 N–H and O–H groups in total. The van der Waals surface area contributed by atoms with Gasteiger partial charge in [0.05, 0.1) is 24.0 Å². The second kappa shape index (κ2) is 6.83. The van der Waals surface area contributed by atoms with Crippen molar-refractivity contribution in [2.45, 2.75) is 45.1 Å². The van der Waals surface area contributed by atoms with Gasteiger partial charge in [0, 0.05) is 13.1 Å². The molecule has 0 heterocycles. The van der Waals surface area contributed by atoms with Crippen molar-refractivity contribution in [1.29, 1.82) is 0 Å². The summed E-state index contributed by atoms with van der Waals surface area (Å²) in [5.74, 6) is 0.549. The Labute approximate surface area is 127 Å². The number of carbonyl (C=O) groups excluding carboxylic acids is 1. The van der Waals surface area contributed by atoms with Crippen molar-refractivity contribution in [3.05, 3.63) is 23.8 Å². The molecule has 21 heavy (non-hydrogen) atoms. The minimum absolute atomic E-state index is 0.320. The van der Waals surface area contributed by atoms with Crippen LogP contribution in [-0.4, -0.2) is 26.2 Å². The number of ether oxygens (including phenoxy) is 1. The van der Waals surface area contributed by atoms with Crippen LogP contribution in [-0.2, 0) is 4.74 Å². The fourth-order valence-corrected chi connectivity index (χ4v) is 3.23. The Balaban J connectivity index is 2.15. The largest absolute Gasteiger partial charge is 0.465 e. The van der Waals surface area contributed by atoms with Crippen molar-refractivity contribution < 1.29 is 9.53 Å². The first-order chi connectivity index (χ1) is 10.1. The van der Waals surface area contributed by atoms with Crippen molar-refractivity contribution in [2.75, 3.05) is 24.8 Å². The highest BCUT2D eigenvalue weighted by Crippen LogP contribution is 2.33. The number of rotatable bonds is 4. The van der Waals surface area contributed by atoms with Gasteiger partial charge in [-0.2, -0.15) is 0 Å². The minimum atomic E-state index is -0.320. The molecule has 0 aromatic heterocycles. The van der Waals surface area contributed by atoms with E-state index in [1.54, 1.807) is 12.1 Å². The maximum absolute atomic E-state index is 11.7. The highest BCUT2D eigenvalue weighted by atomic mass is 16.5. The number of esters is 1. The van der Waals surface area contributed by atoms with Gasteiger partial charge in [0.1, 0.15) is 0 Å². The lowest BCUT2D eigenvalue weighted by atomic mass is 9.84. The van der Waals surface area contributed by atoms with Crippen LogP contribution in [0.1, 0.15) is 49.4 Å². The smallest absolute Gasteiger partial charge is 0.337 e. The van der Waals surface area contributed by atoms with Gasteiger partial charge in [-0.15, -0.1) is 0 Å². The third-order valence-electron chi connectivity index (χ3n) is 4.77. The lowest BCUT2D eigenvalue weighted by Gasteiger charge is -2.36. The van der Waals surface area contributed by atoms with E-state index >= 15 is 0 Å². The van der Waals surface area contributed by atoms with Gasteiger partial charge in [-0.05, 0) is 49.8 Å². The number of benzene rings is 1. The monoisotopic (exact) mass is 290 g/mol. The summed E-state index contributed by atoms with van der Waals surface area (Å²) in [5, 5.41) is 0. The van der Waals surface area contributed by atoms with Crippen molar-refractivity contribution >= 4 is 17.3 Å². The molecule has 1 aromatic carbocycles. The van der Waals surface area contributed by atoms with Crippen molar-refractivity contribution in [2.24, 2.45) is 5.92 Å². The fraction of sp³-hybridized carbons (Fsp3) is 0.588. The second-order valence-electron chi connectivity index (χ2n) is 5.96. The van der Waals surface area contributed by atoms with E-state index in [0.717, 1.165) is 11.6 Å². The maximum Gasteiger partial charge on any atom is 0.337 e. The number of nitrogens with zero attached hydrogens (tertiary/aromatic N) is 1. The van der Waals surface area contributed by atoms with Crippen LogP contribution in [0, 0.1) is 5.92 Å². The number of carbonyl (C=O) groups is 1. The van der Waals surface area contributed by atoms with Crippen LogP contribution in [0.3, 0.4) is 0 Å². The number of nitrogen functional groups attached to an aromatic ring is 1. The van der Waals surface area contributed by atoms with Gasteiger partial charge in [0.2, 0.25) is 0 Å². The zero-order valence-corrected chi connectivity index (χ0v) is 13.3. The third kappa shape index (κ3) is 3.49. The number of hydrogen-bond acceptors (Lipinski definition) is 4. The van der Waals surface area contributed by atoms with Crippen LogP contribution in [0.25, 0.3) is 0 Å². The molecule has 0 bridgehead atoms. The highest BCUT2D eigenvalue weighted by Gasteiger charge is 2.24. The van der Waals surface area contributed by atoms with E-state index in [4.69, 9.17) is 10.5 Å². The fourth-order valence-electron chi connectivity index (χ4n) is 3.23. The first kappa shape index (κ1) is 15.7. The molecule has 0 amide bonds. The molecule has 0 saturated heterocycles. The van der Waals surface area contributed by atoms with Gasteiger partial charge in [0.15, 0.2) is 0 Å². The van der Waals surface area contributed by atoms with E-state index in [-0.39, 0.29) is 5.97 Å². The Bertz CT molecular complexity index is 494. The van der Waals surface area contributed by atoms with Crippen LogP contribution in [0.2, 0.25) is 0 Å². The van der Waals surface area contributed by atoms with Gasteiger partial charge in [-0.25, -0.2) is 4.79 Å². The summed E-state index contributed by atoms with van der Waals surface area (Å²) in [6.07, 6.45) is 6.22. The molecule has 1 fully saturated rings. The van der Waals surface area contributed by atoms with E-state index in [9.17, 15) is 4.79 Å². The van der Waals surface area contributed by atoms with Gasteiger partial charge < -0.3 is 15.4 Å². The van der Waals surface area contributed by atoms with Gasteiger partial charge >= 0.3 is 5.97 Å². The van der Waals surface area contributed by atoms with E-state index in [0.29, 0.717) is 17.3 Å². The van der Waals surface area contributed by atoms with E-state index < -0.39 is 0 Å². The Morgan fingerprint density at radius 3 is 2.57 bits per heavy atom. The third-order valence-corrected chi connectivity index (χ3v) is 4.77. The zero-order valence-electron chi connectivity index (χ0n) is 13.3. The number of anilines is 2. The summed E-state index contributed by atoms with van der Waals surface area (Å²) in [7, 11) is 3.47. The van der Waals surface area contributed by atoms with E-state index in [1.165, 1.54) is 39.2 Å². The minimum Gasteiger partial charge on any atom is -0.465 e. The van der Waals surface area contributed by atoms with E-state index in [1.807, 2.05) is 6.07 Å². The Morgan fingerprint density at radius 1 is 1.33 bits per heavy atom. The molecule has 116 valence electrons. The van der Waals surface area contributed by atoms with Crippen molar-refractivity contribution in [3.8, 4) is 0 Å². The first-order valence-corrected chi connectivity index (χ1v) is 7.77. The summed E-state index contributed by atoms with van der Waals surface area (Å²) in [6, 6.07) is 5.85. The Morgan fingerprint density at radius 2 is 2.00 bits per heavy atom. The topological polar surface area (TPSA) is 55.6 Å². The molecule has 0 radical (unpaired) electrons. The summed E-state index contributed by atoms with van der Waals surface area (Å²) >= 11 is 0. The summed E-state index contributed by atoms with van der Waals surface area (Å²) in [4.78, 5) is 13.9. The quantitative estimate of drug-likeness (QED) is 0.681. The molecule has 1 aliphatic carbocycles. The Hall–Kier alpha value is -1.71. The van der Waals surface area contributed by atoms with Crippen LogP contribution < -0.4 is 10.6 Å². The predicted octanol–water partition coefficient (Wildman–Crippen LogP) is 3.46. The lowest BCUT2D eigenvalue weighted by molar-refractivity contribution is 0.0601. The number of nitrogens with two attached hydrogens (primary N) is 1. The molecular weight excluding hydrogens is 264 g/mol. The van der Waals surface area contributed by atoms with Crippen LogP contribution in [0.15, 0.2) is 18.2 Å². The summed E-state index contributed by atoms with van der Waals surface area (Å²) in [5.41, 5.74) is 8.29. The normalized spacial score (nSPS) is 21.9. The van der Waals surface area contributed by atoms with Gasteiger partial charge in [-0.1, -0.05) is 13.3 Å². The SMILES string of the molecule is CCC1CCC(N(C)c2cc(C(=O)OC)ccc2N)CC1. The molecule has 4 nitrogen and oxygen atoms in total. The molecule has 4 heteroatoms. The standard InChI is InChI=1S/C17H26N2O2/c1-4-12-5-8-14(9-6-12)19(2)16-11-13(17(20)21-3)7-10-15(16)18/h7,10-12,14H,4-6,8-9,18H2,1-3H3. The molecule has 1 aromatic rings. The average Bonchev–Trinajstić information content (AvgIpc) is 2.54. The molecule has 1 saturated carbocycles. The molecule has 0 atom stereocenters. The maximum atomic E-state index is 11.7. The number of methoxy groups -OCH3 is 1. The van der Waals surface area contributed by atoms with E-state index in [2.05, 4.69) is 18.9 Å². The predicted molar refractivity (Wildman–Crippen MR) is 86.6 cm³/mol. The van der Waals surface area contributed by atoms with Crippen LogP contribution in [0.5, 0.6) is 0 Å². The lowest BCUT2D eigenvalue weighted by Crippen LogP contribution is -2.35. The Kier molecular flexibility index (Phi) is 5.10. The molecule has 0 aliphatic heterocycles. The molecule has 0 unspecified atom stereocenters. The van der Waals surface area contributed by atoms with Gasteiger partial charge in [0.25, 0.3) is 0 Å². The molecule has 0 spiro atoms. The molecular formula is C17H26N2O2. The van der Waals surface area contributed by atoms with Crippen LogP contribution >= 0.6 is 0 Å². The van der Waals surface area contributed by atoms with Crippen LogP contribution in [0.4, 0.5) is 11.4 Å². The summed E-state index contributed by atoms with van der Waals surface area (Å²) < 4.78 is 4.79. The highest BCUT2D eigenvalue weighted by molar-refractivity contribution is 5.92. The average molecular weight is 290 g/mol.